The molecule has 1 atom stereocenters. The topological polar surface area (TPSA) is 9.72 Å². The largest absolute Gasteiger partial charge is 0.366 e. The molecule has 4 rings (SSSR count). The van der Waals surface area contributed by atoms with E-state index in [9.17, 15) is 0 Å². The summed E-state index contributed by atoms with van der Waals surface area (Å²) in [6, 6.07) is 24.5. The lowest BCUT2D eigenvalue weighted by molar-refractivity contribution is 0.0913. The Morgan fingerprint density at radius 3 is 2.47 bits per heavy atom. The van der Waals surface area contributed by atoms with Crippen LogP contribution in [0.15, 0.2) is 129 Å². The third kappa shape index (κ3) is 7.22. The molecule has 196 valence electrons. The van der Waals surface area contributed by atoms with Gasteiger partial charge in [0.15, 0.2) is 0 Å². The monoisotopic (exact) mass is 503 g/mol. The van der Waals surface area contributed by atoms with E-state index in [0.29, 0.717) is 0 Å². The van der Waals surface area contributed by atoms with Crippen molar-refractivity contribution in [1.82, 2.24) is 14.7 Å². The predicted molar refractivity (Wildman–Crippen MR) is 164 cm³/mol. The Labute approximate surface area is 229 Å². The molecule has 3 heteroatoms. The number of rotatable bonds is 12. The summed E-state index contributed by atoms with van der Waals surface area (Å²) in [4.78, 5) is 7.41. The Kier molecular flexibility index (Phi) is 9.91. The number of hydrogen-bond acceptors (Lipinski definition) is 3. The minimum atomic E-state index is 0.270. The zero-order valence-corrected chi connectivity index (χ0v) is 22.8. The smallest absolute Gasteiger partial charge is 0.0617 e. The summed E-state index contributed by atoms with van der Waals surface area (Å²) in [6.07, 6.45) is 12.9. The lowest BCUT2D eigenvalue weighted by Crippen LogP contribution is -2.53. The molecule has 1 fully saturated rings. The molecule has 0 saturated carbocycles. The Hall–Kier alpha value is -3.66. The molecule has 0 aromatic heterocycles. The van der Waals surface area contributed by atoms with Crippen LogP contribution in [0.2, 0.25) is 0 Å². The van der Waals surface area contributed by atoms with Gasteiger partial charge in [-0.2, -0.15) is 0 Å². The first kappa shape index (κ1) is 27.4. The first-order chi connectivity index (χ1) is 18.6. The van der Waals surface area contributed by atoms with Crippen LogP contribution in [0.5, 0.6) is 0 Å². The maximum Gasteiger partial charge on any atom is 0.0617 e. The summed E-state index contributed by atoms with van der Waals surface area (Å²) < 4.78 is 0. The van der Waals surface area contributed by atoms with Gasteiger partial charge in [-0.3, -0.25) is 9.80 Å². The molecule has 0 N–H and O–H groups in total. The molecule has 38 heavy (non-hydrogen) atoms. The lowest BCUT2D eigenvalue weighted by Gasteiger charge is -2.43. The fourth-order valence-corrected chi connectivity index (χ4v) is 5.18. The zero-order valence-electron chi connectivity index (χ0n) is 22.8. The van der Waals surface area contributed by atoms with Crippen LogP contribution in [0, 0.1) is 0 Å². The van der Waals surface area contributed by atoms with Crippen molar-refractivity contribution in [2.75, 3.05) is 33.2 Å². The molecule has 3 nitrogen and oxygen atoms in total. The van der Waals surface area contributed by atoms with Crippen LogP contribution in [-0.4, -0.2) is 54.0 Å². The van der Waals surface area contributed by atoms with Gasteiger partial charge in [0.2, 0.25) is 0 Å². The van der Waals surface area contributed by atoms with Crippen molar-refractivity contribution in [3.8, 4) is 0 Å². The highest BCUT2D eigenvalue weighted by Crippen LogP contribution is 2.25. The summed E-state index contributed by atoms with van der Waals surface area (Å²) in [5.41, 5.74) is 5.18. The van der Waals surface area contributed by atoms with Crippen molar-refractivity contribution >= 4 is 10.8 Å². The van der Waals surface area contributed by atoms with Gasteiger partial charge in [0.05, 0.1) is 6.04 Å². The third-order valence-corrected chi connectivity index (χ3v) is 7.39. The number of benzene rings is 3. The molecule has 1 saturated heterocycles. The molecule has 1 aliphatic heterocycles. The summed E-state index contributed by atoms with van der Waals surface area (Å²) >= 11 is 0. The molecule has 0 bridgehead atoms. The fourth-order valence-electron chi connectivity index (χ4n) is 5.18. The molecule has 0 aliphatic carbocycles. The quantitative estimate of drug-likeness (QED) is 0.195. The van der Waals surface area contributed by atoms with Crippen LogP contribution < -0.4 is 0 Å². The Morgan fingerprint density at radius 1 is 0.921 bits per heavy atom. The highest BCUT2D eigenvalue weighted by atomic mass is 15.3. The molecule has 3 aromatic rings. The molecule has 1 aliphatic rings. The van der Waals surface area contributed by atoms with E-state index >= 15 is 0 Å². The minimum absolute atomic E-state index is 0.270. The second kappa shape index (κ2) is 13.8. The highest BCUT2D eigenvalue weighted by Gasteiger charge is 2.29. The first-order valence-corrected chi connectivity index (χ1v) is 13.5. The van der Waals surface area contributed by atoms with Crippen molar-refractivity contribution in [2.45, 2.75) is 25.6 Å². The van der Waals surface area contributed by atoms with E-state index in [-0.39, 0.29) is 6.04 Å². The average Bonchev–Trinajstić information content (AvgIpc) is 2.94. The van der Waals surface area contributed by atoms with Gasteiger partial charge < -0.3 is 4.90 Å². The normalized spacial score (nSPS) is 16.8. The third-order valence-electron chi connectivity index (χ3n) is 7.39. The molecule has 3 aromatic carbocycles. The van der Waals surface area contributed by atoms with Gasteiger partial charge in [-0.25, -0.2) is 0 Å². The van der Waals surface area contributed by atoms with Gasteiger partial charge in [-0.1, -0.05) is 116 Å². The van der Waals surface area contributed by atoms with Gasteiger partial charge in [0.1, 0.15) is 0 Å². The fraction of sp³-hybridized carbons (Fsp3) is 0.257. The molecule has 1 heterocycles. The van der Waals surface area contributed by atoms with Gasteiger partial charge in [-0.15, -0.1) is 6.58 Å². The minimum Gasteiger partial charge on any atom is -0.366 e. The molecule has 1 unspecified atom stereocenters. The SMILES string of the molecule is C=C/C=C\C=C/Cc1ccc(CN2CCN(C)C(C(=C)N(CC=C)Cc3cccc4ccccc34)C2)cc1. The molecule has 0 amide bonds. The van der Waals surface area contributed by atoms with Crippen LogP contribution >= 0.6 is 0 Å². The van der Waals surface area contributed by atoms with Crippen LogP contribution in [0.3, 0.4) is 0 Å². The van der Waals surface area contributed by atoms with Crippen LogP contribution in [0.4, 0.5) is 0 Å². The van der Waals surface area contributed by atoms with E-state index < -0.39 is 0 Å². The number of likely N-dealkylation sites (N-methyl/N-ethyl adjacent to an activating group) is 1. The van der Waals surface area contributed by atoms with E-state index in [1.54, 1.807) is 6.08 Å². The Bertz CT molecular complexity index is 1280. The molecular weight excluding hydrogens is 462 g/mol. The van der Waals surface area contributed by atoms with Crippen molar-refractivity contribution in [3.05, 3.63) is 145 Å². The maximum absolute atomic E-state index is 4.62. The van der Waals surface area contributed by atoms with Gasteiger partial charge in [-0.05, 0) is 40.9 Å². The standard InChI is InChI=1S/C35H41N3/c1-5-7-8-9-10-14-30-19-21-31(22-20-30)26-37-25-24-36(4)35(28-37)29(3)38(23-6-2)27-33-17-13-16-32-15-11-12-18-34(32)33/h5-13,15-22,35H,1-3,14,23-28H2,4H3/b8-7-,10-9-. The molecule has 0 spiro atoms. The highest BCUT2D eigenvalue weighted by molar-refractivity contribution is 5.85. The second-order valence-electron chi connectivity index (χ2n) is 10.1. The molecular formula is C35H41N3. The number of allylic oxidation sites excluding steroid dienone is 5. The maximum atomic E-state index is 4.62. The van der Waals surface area contributed by atoms with Crippen molar-refractivity contribution in [1.29, 1.82) is 0 Å². The predicted octanol–water partition coefficient (Wildman–Crippen LogP) is 7.00. The lowest BCUT2D eigenvalue weighted by atomic mass is 10.0. The van der Waals surface area contributed by atoms with E-state index in [1.807, 2.05) is 18.2 Å². The summed E-state index contributed by atoms with van der Waals surface area (Å²) in [5.74, 6) is 0. The average molecular weight is 504 g/mol. The Morgan fingerprint density at radius 2 is 1.68 bits per heavy atom. The second-order valence-corrected chi connectivity index (χ2v) is 10.1. The van der Waals surface area contributed by atoms with E-state index in [2.05, 4.69) is 120 Å². The molecule has 0 radical (unpaired) electrons. The van der Waals surface area contributed by atoms with Crippen LogP contribution in [-0.2, 0) is 19.5 Å². The van der Waals surface area contributed by atoms with Crippen molar-refractivity contribution in [2.24, 2.45) is 0 Å². The van der Waals surface area contributed by atoms with Crippen LogP contribution in [0.25, 0.3) is 10.8 Å². The van der Waals surface area contributed by atoms with Gasteiger partial charge in [0.25, 0.3) is 0 Å². The van der Waals surface area contributed by atoms with Gasteiger partial charge in [0, 0.05) is 45.0 Å². The van der Waals surface area contributed by atoms with Crippen molar-refractivity contribution < 1.29 is 0 Å². The summed E-state index contributed by atoms with van der Waals surface area (Å²) in [7, 11) is 2.23. The van der Waals surface area contributed by atoms with E-state index in [4.69, 9.17) is 0 Å². The summed E-state index contributed by atoms with van der Waals surface area (Å²) in [5, 5.41) is 2.59. The van der Waals surface area contributed by atoms with Crippen molar-refractivity contribution in [3.63, 3.8) is 0 Å². The first-order valence-electron chi connectivity index (χ1n) is 13.5. The summed E-state index contributed by atoms with van der Waals surface area (Å²) in [6.45, 7) is 18.0. The number of hydrogen-bond donors (Lipinski definition) is 0. The zero-order chi connectivity index (χ0) is 26.7. The number of nitrogens with zero attached hydrogens (tertiary/aromatic N) is 3. The van der Waals surface area contributed by atoms with E-state index in [0.717, 1.165) is 51.4 Å². The Balaban J connectivity index is 1.41. The number of fused-ring (bicyclic) bond motifs is 1. The van der Waals surface area contributed by atoms with E-state index in [1.165, 1.54) is 27.5 Å². The van der Waals surface area contributed by atoms with Gasteiger partial charge >= 0.3 is 0 Å². The van der Waals surface area contributed by atoms with Crippen LogP contribution in [0.1, 0.15) is 16.7 Å². The number of piperazine rings is 1.